The topological polar surface area (TPSA) is 93.2 Å². The molecule has 1 aromatic heterocycles. The molecule has 0 saturated carbocycles. The Morgan fingerprint density at radius 2 is 1.65 bits per heavy atom. The van der Waals surface area contributed by atoms with E-state index in [4.69, 9.17) is 5.73 Å². The minimum Gasteiger partial charge on any atom is -0.370 e. The lowest BCUT2D eigenvalue weighted by Crippen LogP contribution is -2.38. The van der Waals surface area contributed by atoms with Gasteiger partial charge in [-0.05, 0) is 50.5 Å². The number of rotatable bonds is 5. The molecule has 1 saturated heterocycles. The van der Waals surface area contributed by atoms with Crippen molar-refractivity contribution in [2.24, 2.45) is 11.7 Å². The van der Waals surface area contributed by atoms with Crippen LogP contribution in [0, 0.1) is 19.8 Å². The van der Waals surface area contributed by atoms with Gasteiger partial charge in [0.2, 0.25) is 5.91 Å². The fraction of sp³-hybridized carbons (Fsp3) is 0.292. The highest BCUT2D eigenvalue weighted by Gasteiger charge is 2.25. The van der Waals surface area contributed by atoms with Crippen molar-refractivity contribution in [3.8, 4) is 5.69 Å². The van der Waals surface area contributed by atoms with Gasteiger partial charge in [-0.1, -0.05) is 30.3 Å². The number of amides is 2. The Balaban J connectivity index is 1.54. The number of aromatic nitrogens is 2. The van der Waals surface area contributed by atoms with Crippen LogP contribution < -0.4 is 16.0 Å². The summed E-state index contributed by atoms with van der Waals surface area (Å²) in [5.41, 5.74) is 10.5. The van der Waals surface area contributed by atoms with E-state index in [1.165, 1.54) is 0 Å². The first-order chi connectivity index (χ1) is 15.0. The highest BCUT2D eigenvalue weighted by atomic mass is 16.2. The second-order valence-corrected chi connectivity index (χ2v) is 7.98. The van der Waals surface area contributed by atoms with Gasteiger partial charge in [0.05, 0.1) is 34.5 Å². The molecule has 160 valence electrons. The van der Waals surface area contributed by atoms with E-state index in [0.717, 1.165) is 54.3 Å². The SMILES string of the molecule is Cc1ccccc1-n1ncc(C(=O)Nc2ccccc2N2CCC(C(N)=O)CC2)c1C. The molecule has 3 aromatic rings. The largest absolute Gasteiger partial charge is 0.370 e. The number of nitrogens with zero attached hydrogens (tertiary/aromatic N) is 3. The summed E-state index contributed by atoms with van der Waals surface area (Å²) in [4.78, 5) is 26.8. The summed E-state index contributed by atoms with van der Waals surface area (Å²) >= 11 is 0. The molecule has 3 N–H and O–H groups in total. The molecule has 4 rings (SSSR count). The van der Waals surface area contributed by atoms with Gasteiger partial charge in [0.25, 0.3) is 5.91 Å². The zero-order chi connectivity index (χ0) is 22.0. The monoisotopic (exact) mass is 417 g/mol. The second kappa shape index (κ2) is 8.63. The maximum absolute atomic E-state index is 13.1. The fourth-order valence-electron chi connectivity index (χ4n) is 4.13. The molecule has 2 aromatic carbocycles. The summed E-state index contributed by atoms with van der Waals surface area (Å²) in [7, 11) is 0. The van der Waals surface area contributed by atoms with Gasteiger partial charge in [-0.3, -0.25) is 9.59 Å². The summed E-state index contributed by atoms with van der Waals surface area (Å²) < 4.78 is 1.80. The van der Waals surface area contributed by atoms with E-state index in [1.54, 1.807) is 10.9 Å². The Morgan fingerprint density at radius 3 is 2.32 bits per heavy atom. The maximum Gasteiger partial charge on any atom is 0.259 e. The number of nitrogens with one attached hydrogen (secondary N) is 1. The standard InChI is InChI=1S/C24H27N5O2/c1-16-7-3-5-9-21(16)29-17(2)19(15-26-29)24(31)27-20-8-4-6-10-22(20)28-13-11-18(12-14-28)23(25)30/h3-10,15,18H,11-14H2,1-2H3,(H2,25,30)(H,27,31). The minimum atomic E-state index is -0.234. The summed E-state index contributed by atoms with van der Waals surface area (Å²) in [6, 6.07) is 15.7. The van der Waals surface area contributed by atoms with Crippen molar-refractivity contribution in [1.29, 1.82) is 0 Å². The van der Waals surface area contributed by atoms with Crippen LogP contribution in [0.25, 0.3) is 5.69 Å². The lowest BCUT2D eigenvalue weighted by atomic mass is 9.96. The van der Waals surface area contributed by atoms with Gasteiger partial charge >= 0.3 is 0 Å². The summed E-state index contributed by atoms with van der Waals surface area (Å²) in [6.45, 7) is 5.37. The second-order valence-electron chi connectivity index (χ2n) is 7.98. The van der Waals surface area contributed by atoms with Gasteiger partial charge in [-0.15, -0.1) is 0 Å². The summed E-state index contributed by atoms with van der Waals surface area (Å²) in [5.74, 6) is -0.507. The van der Waals surface area contributed by atoms with Crippen LogP contribution in [0.15, 0.2) is 54.7 Å². The van der Waals surface area contributed by atoms with Gasteiger partial charge in [0, 0.05) is 19.0 Å². The van der Waals surface area contributed by atoms with E-state index in [0.29, 0.717) is 5.56 Å². The molecule has 0 aliphatic carbocycles. The van der Waals surface area contributed by atoms with Crippen molar-refractivity contribution in [3.63, 3.8) is 0 Å². The van der Waals surface area contributed by atoms with Crippen LogP contribution in [0.4, 0.5) is 11.4 Å². The van der Waals surface area contributed by atoms with Crippen LogP contribution >= 0.6 is 0 Å². The van der Waals surface area contributed by atoms with Crippen LogP contribution in [0.1, 0.15) is 34.5 Å². The highest BCUT2D eigenvalue weighted by Crippen LogP contribution is 2.30. The Bertz CT molecular complexity index is 1110. The maximum atomic E-state index is 13.1. The zero-order valence-corrected chi connectivity index (χ0v) is 17.8. The fourth-order valence-corrected chi connectivity index (χ4v) is 4.13. The Labute approximate surface area is 181 Å². The van der Waals surface area contributed by atoms with Crippen LogP contribution in [-0.2, 0) is 4.79 Å². The highest BCUT2D eigenvalue weighted by molar-refractivity contribution is 6.06. The molecule has 0 spiro atoms. The quantitative estimate of drug-likeness (QED) is 0.665. The number of piperidine rings is 1. The lowest BCUT2D eigenvalue weighted by Gasteiger charge is -2.33. The first kappa shape index (κ1) is 20.7. The number of primary amides is 1. The number of hydrogen-bond acceptors (Lipinski definition) is 4. The number of benzene rings is 2. The van der Waals surface area contributed by atoms with Gasteiger partial charge in [0.15, 0.2) is 0 Å². The third kappa shape index (κ3) is 4.17. The van der Waals surface area contributed by atoms with E-state index in [-0.39, 0.29) is 17.7 Å². The molecule has 31 heavy (non-hydrogen) atoms. The normalized spacial score (nSPS) is 14.5. The van der Waals surface area contributed by atoms with Gasteiger partial charge < -0.3 is 16.0 Å². The third-order valence-electron chi connectivity index (χ3n) is 5.99. The Hall–Kier alpha value is -3.61. The molecule has 0 unspecified atom stereocenters. The molecule has 7 heteroatoms. The summed E-state index contributed by atoms with van der Waals surface area (Å²) in [6.07, 6.45) is 3.05. The van der Waals surface area contributed by atoms with Crippen LogP contribution in [-0.4, -0.2) is 34.7 Å². The average molecular weight is 418 g/mol. The third-order valence-corrected chi connectivity index (χ3v) is 5.99. The number of nitrogens with two attached hydrogens (primary N) is 1. The van der Waals surface area contributed by atoms with Crippen molar-refractivity contribution < 1.29 is 9.59 Å². The van der Waals surface area contributed by atoms with Crippen molar-refractivity contribution in [2.45, 2.75) is 26.7 Å². The molecule has 0 radical (unpaired) electrons. The van der Waals surface area contributed by atoms with Crippen LogP contribution in [0.3, 0.4) is 0 Å². The lowest BCUT2D eigenvalue weighted by molar-refractivity contribution is -0.122. The Kier molecular flexibility index (Phi) is 5.75. The van der Waals surface area contributed by atoms with Gasteiger partial charge in [-0.2, -0.15) is 5.10 Å². The molecule has 0 bridgehead atoms. The van der Waals surface area contributed by atoms with E-state index in [9.17, 15) is 9.59 Å². The van der Waals surface area contributed by atoms with Crippen molar-refractivity contribution >= 4 is 23.2 Å². The molecule has 1 fully saturated rings. The number of carbonyl (C=O) groups is 2. The van der Waals surface area contributed by atoms with Crippen molar-refractivity contribution in [3.05, 3.63) is 71.5 Å². The first-order valence-corrected chi connectivity index (χ1v) is 10.5. The van der Waals surface area contributed by atoms with E-state index >= 15 is 0 Å². The molecular weight excluding hydrogens is 390 g/mol. The van der Waals surface area contributed by atoms with Crippen molar-refractivity contribution in [2.75, 3.05) is 23.3 Å². The van der Waals surface area contributed by atoms with E-state index in [2.05, 4.69) is 15.3 Å². The van der Waals surface area contributed by atoms with Crippen LogP contribution in [0.5, 0.6) is 0 Å². The number of carbonyl (C=O) groups excluding carboxylic acids is 2. The molecule has 1 aliphatic rings. The predicted molar refractivity (Wildman–Crippen MR) is 122 cm³/mol. The summed E-state index contributed by atoms with van der Waals surface area (Å²) in [5, 5.41) is 7.50. The van der Waals surface area contributed by atoms with Crippen LogP contribution in [0.2, 0.25) is 0 Å². The number of aryl methyl sites for hydroxylation is 1. The number of hydrogen-bond donors (Lipinski definition) is 2. The molecule has 1 aliphatic heterocycles. The minimum absolute atomic E-state index is 0.0760. The number of anilines is 2. The van der Waals surface area contributed by atoms with Gasteiger partial charge in [-0.25, -0.2) is 4.68 Å². The molecule has 0 atom stereocenters. The van der Waals surface area contributed by atoms with Crippen molar-refractivity contribution in [1.82, 2.24) is 9.78 Å². The molecule has 2 amide bonds. The predicted octanol–water partition coefficient (Wildman–Crippen LogP) is 3.44. The van der Waals surface area contributed by atoms with E-state index in [1.807, 2.05) is 62.4 Å². The molecule has 7 nitrogen and oxygen atoms in total. The molecular formula is C24H27N5O2. The van der Waals surface area contributed by atoms with Gasteiger partial charge in [0.1, 0.15) is 0 Å². The molecule has 2 heterocycles. The Morgan fingerprint density at radius 1 is 1.00 bits per heavy atom. The number of para-hydroxylation sites is 3. The average Bonchev–Trinajstić information content (AvgIpc) is 3.16. The smallest absolute Gasteiger partial charge is 0.259 e. The first-order valence-electron chi connectivity index (χ1n) is 10.5. The van der Waals surface area contributed by atoms with E-state index < -0.39 is 0 Å². The zero-order valence-electron chi connectivity index (χ0n) is 17.8.